The van der Waals surface area contributed by atoms with Crippen LogP contribution in [-0.2, 0) is 11.3 Å². The molecule has 1 N–H and O–H groups in total. The van der Waals surface area contributed by atoms with Crippen molar-refractivity contribution in [1.82, 2.24) is 19.3 Å². The molecule has 4 rings (SSSR count). The fourth-order valence-electron chi connectivity index (χ4n) is 3.75. The van der Waals surface area contributed by atoms with Gasteiger partial charge in [-0.25, -0.2) is 9.78 Å². The molecule has 9 heteroatoms. The van der Waals surface area contributed by atoms with Crippen LogP contribution < -0.4 is 10.1 Å². The van der Waals surface area contributed by atoms with Gasteiger partial charge in [-0.15, -0.1) is 6.58 Å². The Balaban J connectivity index is 1.82. The number of allylic oxidation sites excluding steroid dienone is 1. The Morgan fingerprint density at radius 3 is 2.90 bits per heavy atom. The van der Waals surface area contributed by atoms with Crippen molar-refractivity contribution >= 4 is 28.9 Å². The van der Waals surface area contributed by atoms with Gasteiger partial charge in [0.15, 0.2) is 0 Å². The smallest absolute Gasteiger partial charge is 0.338 e. The molecule has 9 nitrogen and oxygen atoms in total. The molecule has 1 aromatic carbocycles. The largest absolute Gasteiger partial charge is 0.489 e. The normalized spacial score (nSPS) is 15.0. The first-order valence-corrected chi connectivity index (χ1v) is 9.70. The summed E-state index contributed by atoms with van der Waals surface area (Å²) in [5.41, 5.74) is 2.81. The highest BCUT2D eigenvalue weighted by Crippen LogP contribution is 2.38. The molecule has 1 amide bonds. The first-order valence-electron chi connectivity index (χ1n) is 9.70. The molecule has 0 radical (unpaired) electrons. The molecule has 3 heterocycles. The number of hydrogen-bond acceptors (Lipinski definition) is 6. The number of anilines is 1. The minimum Gasteiger partial charge on any atom is -0.489 e. The number of aryl methyl sites for hydroxylation is 2. The van der Waals surface area contributed by atoms with Gasteiger partial charge in [-0.3, -0.25) is 19.4 Å². The van der Waals surface area contributed by atoms with Crippen molar-refractivity contribution in [3.05, 3.63) is 47.8 Å². The number of hydrogen-bond donors (Lipinski definition) is 1. The Morgan fingerprint density at radius 1 is 1.40 bits per heavy atom. The molecule has 2 aromatic heterocycles. The van der Waals surface area contributed by atoms with Crippen molar-refractivity contribution in [3.63, 3.8) is 0 Å². The standard InChI is InChI=1S/C21H23N5O4/c1-5-7-14-11-30-17-10-13(20(28)29-4)9-15-18(17)26(14)21(22-15)23-19(27)16-8-12(3)24-25(16)6-2/h5,8-10,14H,1,6-7,11H2,2-4H3,(H,22,23,27)/t14-/m0/s1. The molecule has 0 spiro atoms. The first-order chi connectivity index (χ1) is 14.5. The highest BCUT2D eigenvalue weighted by atomic mass is 16.5. The van der Waals surface area contributed by atoms with Crippen molar-refractivity contribution in [2.75, 3.05) is 19.0 Å². The van der Waals surface area contributed by atoms with Gasteiger partial charge in [0.2, 0.25) is 5.95 Å². The summed E-state index contributed by atoms with van der Waals surface area (Å²) in [4.78, 5) is 29.6. The third-order valence-corrected chi connectivity index (χ3v) is 5.07. The van der Waals surface area contributed by atoms with E-state index < -0.39 is 5.97 Å². The Morgan fingerprint density at radius 2 is 2.20 bits per heavy atom. The number of carbonyl (C=O) groups excluding carboxylic acids is 2. The quantitative estimate of drug-likeness (QED) is 0.496. The fraction of sp³-hybridized carbons (Fsp3) is 0.333. The third-order valence-electron chi connectivity index (χ3n) is 5.07. The number of nitrogens with one attached hydrogen (secondary N) is 1. The monoisotopic (exact) mass is 409 g/mol. The van der Waals surface area contributed by atoms with Crippen molar-refractivity contribution in [2.24, 2.45) is 0 Å². The van der Waals surface area contributed by atoms with E-state index in [4.69, 9.17) is 9.47 Å². The lowest BCUT2D eigenvalue weighted by Crippen LogP contribution is -2.25. The van der Waals surface area contributed by atoms with E-state index in [1.807, 2.05) is 18.4 Å². The summed E-state index contributed by atoms with van der Waals surface area (Å²) in [6, 6.07) is 4.93. The minimum atomic E-state index is -0.479. The van der Waals surface area contributed by atoms with E-state index in [1.165, 1.54) is 7.11 Å². The second-order valence-electron chi connectivity index (χ2n) is 7.07. The maximum atomic E-state index is 13.0. The lowest BCUT2D eigenvalue weighted by molar-refractivity contribution is 0.0600. The molecular weight excluding hydrogens is 386 g/mol. The summed E-state index contributed by atoms with van der Waals surface area (Å²) in [6.07, 6.45) is 2.44. The van der Waals surface area contributed by atoms with Crippen LogP contribution in [0.15, 0.2) is 30.9 Å². The zero-order valence-electron chi connectivity index (χ0n) is 17.1. The predicted octanol–water partition coefficient (Wildman–Crippen LogP) is 3.11. The van der Waals surface area contributed by atoms with Crippen molar-refractivity contribution in [2.45, 2.75) is 32.9 Å². The summed E-state index contributed by atoms with van der Waals surface area (Å²) >= 11 is 0. The SMILES string of the molecule is C=CC[C@H]1COc2cc(C(=O)OC)cc3nc(NC(=O)c4cc(C)nn4CC)n1c23. The van der Waals surface area contributed by atoms with Crippen molar-refractivity contribution in [1.29, 1.82) is 0 Å². The van der Waals surface area contributed by atoms with Crippen LogP contribution in [0, 0.1) is 6.92 Å². The van der Waals surface area contributed by atoms with Crippen LogP contribution in [0.5, 0.6) is 5.75 Å². The van der Waals surface area contributed by atoms with Crippen LogP contribution in [0.1, 0.15) is 45.9 Å². The van der Waals surface area contributed by atoms with E-state index >= 15 is 0 Å². The highest BCUT2D eigenvalue weighted by molar-refractivity contribution is 6.04. The number of aromatic nitrogens is 4. The molecule has 156 valence electrons. The molecule has 0 fully saturated rings. The molecule has 1 atom stereocenters. The van der Waals surface area contributed by atoms with E-state index in [0.717, 1.165) is 11.2 Å². The average Bonchev–Trinajstić information content (AvgIpc) is 3.30. The number of methoxy groups -OCH3 is 1. The topological polar surface area (TPSA) is 100 Å². The summed E-state index contributed by atoms with van der Waals surface area (Å²) in [5.74, 6) is 0.126. The highest BCUT2D eigenvalue weighted by Gasteiger charge is 2.29. The zero-order chi connectivity index (χ0) is 21.4. The molecule has 0 saturated heterocycles. The predicted molar refractivity (Wildman–Crippen MR) is 111 cm³/mol. The summed E-state index contributed by atoms with van der Waals surface area (Å²) in [6.45, 7) is 8.53. The van der Waals surface area contributed by atoms with Gasteiger partial charge >= 0.3 is 5.97 Å². The number of carbonyl (C=O) groups is 2. The van der Waals surface area contributed by atoms with Crippen LogP contribution in [0.3, 0.4) is 0 Å². The van der Waals surface area contributed by atoms with Crippen molar-refractivity contribution in [3.8, 4) is 5.75 Å². The number of rotatable bonds is 6. The van der Waals surface area contributed by atoms with Gasteiger partial charge in [-0.2, -0.15) is 5.10 Å². The van der Waals surface area contributed by atoms with Crippen LogP contribution in [-0.4, -0.2) is 44.9 Å². The van der Waals surface area contributed by atoms with Crippen LogP contribution >= 0.6 is 0 Å². The van der Waals surface area contributed by atoms with E-state index in [2.05, 4.69) is 22.0 Å². The van der Waals surface area contributed by atoms with Crippen LogP contribution in [0.25, 0.3) is 11.0 Å². The lowest BCUT2D eigenvalue weighted by atomic mass is 10.1. The summed E-state index contributed by atoms with van der Waals surface area (Å²) < 4.78 is 14.3. The number of imidazole rings is 1. The number of nitrogens with zero attached hydrogens (tertiary/aromatic N) is 4. The maximum absolute atomic E-state index is 13.0. The van der Waals surface area contributed by atoms with E-state index in [9.17, 15) is 9.59 Å². The molecule has 0 aliphatic carbocycles. The van der Waals surface area contributed by atoms with Crippen molar-refractivity contribution < 1.29 is 19.1 Å². The van der Waals surface area contributed by atoms with Gasteiger partial charge in [0.1, 0.15) is 23.6 Å². The maximum Gasteiger partial charge on any atom is 0.338 e. The van der Waals surface area contributed by atoms with E-state index in [-0.39, 0.29) is 11.9 Å². The molecular formula is C21H23N5O4. The Hall–Kier alpha value is -3.62. The Labute approximate surface area is 173 Å². The molecule has 0 saturated carbocycles. The Bertz CT molecular complexity index is 1160. The van der Waals surface area contributed by atoms with Crippen LogP contribution in [0.2, 0.25) is 0 Å². The minimum absolute atomic E-state index is 0.0860. The second kappa shape index (κ2) is 7.66. The molecule has 0 bridgehead atoms. The molecule has 30 heavy (non-hydrogen) atoms. The number of ether oxygens (including phenoxy) is 2. The van der Waals surface area contributed by atoms with E-state index in [1.54, 1.807) is 29.0 Å². The summed E-state index contributed by atoms with van der Waals surface area (Å²) in [5, 5.41) is 7.24. The van der Waals surface area contributed by atoms with Gasteiger partial charge in [0.05, 0.1) is 29.9 Å². The molecule has 0 unspecified atom stereocenters. The van der Waals surface area contributed by atoms with Crippen LogP contribution in [0.4, 0.5) is 5.95 Å². The first kappa shape index (κ1) is 19.7. The van der Waals surface area contributed by atoms with Gasteiger partial charge in [-0.05, 0) is 38.5 Å². The van der Waals surface area contributed by atoms with Gasteiger partial charge in [0.25, 0.3) is 5.91 Å². The zero-order valence-corrected chi connectivity index (χ0v) is 17.1. The third kappa shape index (κ3) is 3.22. The second-order valence-corrected chi connectivity index (χ2v) is 7.07. The van der Waals surface area contributed by atoms with E-state index in [0.29, 0.717) is 48.0 Å². The lowest BCUT2D eigenvalue weighted by Gasteiger charge is -2.26. The fourth-order valence-corrected chi connectivity index (χ4v) is 3.75. The number of benzene rings is 1. The average molecular weight is 409 g/mol. The molecule has 1 aliphatic rings. The number of esters is 1. The molecule has 1 aliphatic heterocycles. The van der Waals surface area contributed by atoms with Gasteiger partial charge in [0, 0.05) is 6.54 Å². The Kier molecular flexibility index (Phi) is 5.03. The van der Waals surface area contributed by atoms with Gasteiger partial charge in [-0.1, -0.05) is 6.08 Å². The number of amides is 1. The summed E-state index contributed by atoms with van der Waals surface area (Å²) in [7, 11) is 1.32. The van der Waals surface area contributed by atoms with Gasteiger partial charge < -0.3 is 9.47 Å². The molecule has 3 aromatic rings.